The molecule has 0 aliphatic rings. The summed E-state index contributed by atoms with van der Waals surface area (Å²) in [5.41, 5.74) is 5.24. The maximum absolute atomic E-state index is 10.9. The maximum Gasteiger partial charge on any atom is 0.335 e. The molecule has 0 saturated heterocycles. The highest BCUT2D eigenvalue weighted by Crippen LogP contribution is 2.24. The molecule has 1 N–H and O–H groups in total. The number of aryl methyl sites for hydroxylation is 2. The van der Waals surface area contributed by atoms with Gasteiger partial charge in [-0.1, -0.05) is 43.7 Å². The van der Waals surface area contributed by atoms with Crippen molar-refractivity contribution in [1.82, 2.24) is 0 Å². The van der Waals surface area contributed by atoms with Gasteiger partial charge in [0.15, 0.2) is 0 Å². The zero-order valence-electron chi connectivity index (χ0n) is 12.0. The number of unbranched alkanes of at least 4 members (excludes halogenated alkanes) is 1. The third-order valence-electron chi connectivity index (χ3n) is 3.61. The van der Waals surface area contributed by atoms with Gasteiger partial charge in [0, 0.05) is 0 Å². The summed E-state index contributed by atoms with van der Waals surface area (Å²) in [7, 11) is 0. The Morgan fingerprint density at radius 3 is 2.30 bits per heavy atom. The fourth-order valence-corrected chi connectivity index (χ4v) is 2.29. The lowest BCUT2D eigenvalue weighted by Crippen LogP contribution is -1.95. The maximum atomic E-state index is 10.9. The fraction of sp³-hybridized carbons (Fsp3) is 0.278. The lowest BCUT2D eigenvalue weighted by Gasteiger charge is -2.09. The molecule has 2 nitrogen and oxygen atoms in total. The van der Waals surface area contributed by atoms with E-state index in [2.05, 4.69) is 32.0 Å². The van der Waals surface area contributed by atoms with Crippen LogP contribution in [-0.2, 0) is 6.42 Å². The smallest absolute Gasteiger partial charge is 0.335 e. The zero-order valence-corrected chi connectivity index (χ0v) is 12.0. The molecule has 0 aliphatic heterocycles. The van der Waals surface area contributed by atoms with Crippen molar-refractivity contribution in [2.75, 3.05) is 0 Å². The minimum absolute atomic E-state index is 0.326. The van der Waals surface area contributed by atoms with Crippen molar-refractivity contribution in [3.05, 3.63) is 59.2 Å². The molecule has 2 aromatic carbocycles. The summed E-state index contributed by atoms with van der Waals surface area (Å²) < 4.78 is 0. The van der Waals surface area contributed by atoms with Crippen LogP contribution in [-0.4, -0.2) is 11.1 Å². The van der Waals surface area contributed by atoms with Gasteiger partial charge in [-0.3, -0.25) is 0 Å². The van der Waals surface area contributed by atoms with Gasteiger partial charge >= 0.3 is 5.97 Å². The van der Waals surface area contributed by atoms with Crippen LogP contribution in [0.3, 0.4) is 0 Å². The Morgan fingerprint density at radius 1 is 1.05 bits per heavy atom. The van der Waals surface area contributed by atoms with Crippen LogP contribution in [0.1, 0.15) is 41.3 Å². The van der Waals surface area contributed by atoms with E-state index in [1.807, 2.05) is 12.1 Å². The second-order valence-corrected chi connectivity index (χ2v) is 5.13. The van der Waals surface area contributed by atoms with Gasteiger partial charge < -0.3 is 5.11 Å². The summed E-state index contributed by atoms with van der Waals surface area (Å²) in [5, 5.41) is 8.92. The zero-order chi connectivity index (χ0) is 14.5. The molecule has 0 aromatic heterocycles. The quantitative estimate of drug-likeness (QED) is 0.853. The molecule has 2 rings (SSSR count). The highest BCUT2D eigenvalue weighted by atomic mass is 16.4. The van der Waals surface area contributed by atoms with Crippen LogP contribution in [0.25, 0.3) is 11.1 Å². The van der Waals surface area contributed by atoms with Crippen LogP contribution in [0, 0.1) is 6.92 Å². The Hall–Kier alpha value is -2.09. The molecule has 2 aromatic rings. The van der Waals surface area contributed by atoms with Gasteiger partial charge in [-0.25, -0.2) is 4.79 Å². The highest BCUT2D eigenvalue weighted by Gasteiger charge is 2.05. The standard InChI is InChI=1S/C18H20O2/c1-3-4-5-16-12-17(7-6-13(16)2)14-8-10-15(11-9-14)18(19)20/h6-12H,3-5H2,1-2H3,(H,19,20). The lowest BCUT2D eigenvalue weighted by molar-refractivity contribution is 0.0697. The molecule has 0 spiro atoms. The molecule has 0 aliphatic carbocycles. The molecule has 20 heavy (non-hydrogen) atoms. The van der Waals surface area contributed by atoms with Crippen molar-refractivity contribution in [3.8, 4) is 11.1 Å². The number of hydrogen-bond donors (Lipinski definition) is 1. The molecule has 0 amide bonds. The first kappa shape index (κ1) is 14.3. The Labute approximate surface area is 120 Å². The highest BCUT2D eigenvalue weighted by molar-refractivity contribution is 5.88. The normalized spacial score (nSPS) is 10.5. The van der Waals surface area contributed by atoms with Gasteiger partial charge in [0.25, 0.3) is 0 Å². The van der Waals surface area contributed by atoms with Crippen molar-refractivity contribution in [1.29, 1.82) is 0 Å². The molecule has 0 radical (unpaired) electrons. The summed E-state index contributed by atoms with van der Waals surface area (Å²) in [6, 6.07) is 13.5. The van der Waals surface area contributed by atoms with E-state index in [9.17, 15) is 4.79 Å². The summed E-state index contributed by atoms with van der Waals surface area (Å²) in [6.45, 7) is 4.34. The van der Waals surface area contributed by atoms with Crippen molar-refractivity contribution in [2.24, 2.45) is 0 Å². The minimum Gasteiger partial charge on any atom is -0.478 e. The minimum atomic E-state index is -0.885. The molecule has 2 heteroatoms. The molecule has 0 heterocycles. The molecule has 0 bridgehead atoms. The number of aromatic carboxylic acids is 1. The number of hydrogen-bond acceptors (Lipinski definition) is 1. The van der Waals surface area contributed by atoms with E-state index < -0.39 is 5.97 Å². The molecule has 0 saturated carbocycles. The third-order valence-corrected chi connectivity index (χ3v) is 3.61. The topological polar surface area (TPSA) is 37.3 Å². The second-order valence-electron chi connectivity index (χ2n) is 5.13. The molecular formula is C18H20O2. The van der Waals surface area contributed by atoms with Crippen LogP contribution in [0.2, 0.25) is 0 Å². The predicted molar refractivity (Wildman–Crippen MR) is 82.2 cm³/mol. The lowest BCUT2D eigenvalue weighted by atomic mass is 9.96. The average Bonchev–Trinajstić information content (AvgIpc) is 2.46. The Morgan fingerprint density at radius 2 is 1.70 bits per heavy atom. The predicted octanol–water partition coefficient (Wildman–Crippen LogP) is 4.70. The van der Waals surface area contributed by atoms with Crippen molar-refractivity contribution in [3.63, 3.8) is 0 Å². The van der Waals surface area contributed by atoms with Gasteiger partial charge in [0.2, 0.25) is 0 Å². The molecule has 104 valence electrons. The van der Waals surface area contributed by atoms with Crippen molar-refractivity contribution in [2.45, 2.75) is 33.1 Å². The number of rotatable bonds is 5. The Bertz CT molecular complexity index is 597. The first-order chi connectivity index (χ1) is 9.61. The van der Waals surface area contributed by atoms with Crippen LogP contribution in [0.5, 0.6) is 0 Å². The summed E-state index contributed by atoms with van der Waals surface area (Å²) >= 11 is 0. The molecule has 0 unspecified atom stereocenters. The van der Waals surface area contributed by atoms with Crippen LogP contribution < -0.4 is 0 Å². The van der Waals surface area contributed by atoms with E-state index >= 15 is 0 Å². The van der Waals surface area contributed by atoms with E-state index in [-0.39, 0.29) is 0 Å². The van der Waals surface area contributed by atoms with E-state index in [4.69, 9.17) is 5.11 Å². The second kappa shape index (κ2) is 6.38. The number of carboxylic acid groups (broad SMARTS) is 1. The van der Waals surface area contributed by atoms with E-state index in [0.717, 1.165) is 17.5 Å². The van der Waals surface area contributed by atoms with E-state index in [1.54, 1.807) is 12.1 Å². The van der Waals surface area contributed by atoms with Crippen molar-refractivity contribution < 1.29 is 9.90 Å². The number of benzene rings is 2. The average molecular weight is 268 g/mol. The summed E-state index contributed by atoms with van der Waals surface area (Å²) in [6.07, 6.45) is 3.49. The van der Waals surface area contributed by atoms with Gasteiger partial charge in [-0.05, 0) is 54.2 Å². The third kappa shape index (κ3) is 3.27. The molecule has 0 atom stereocenters. The molecule has 0 fully saturated rings. The largest absolute Gasteiger partial charge is 0.478 e. The number of carboxylic acids is 1. The monoisotopic (exact) mass is 268 g/mol. The van der Waals surface area contributed by atoms with Crippen LogP contribution in [0.15, 0.2) is 42.5 Å². The number of carbonyl (C=O) groups is 1. The van der Waals surface area contributed by atoms with Gasteiger partial charge in [-0.2, -0.15) is 0 Å². The van der Waals surface area contributed by atoms with Crippen LogP contribution in [0.4, 0.5) is 0 Å². The first-order valence-electron chi connectivity index (χ1n) is 7.05. The van der Waals surface area contributed by atoms with Gasteiger partial charge in [0.05, 0.1) is 5.56 Å². The summed E-state index contributed by atoms with van der Waals surface area (Å²) in [5.74, 6) is -0.885. The fourth-order valence-electron chi connectivity index (χ4n) is 2.29. The SMILES string of the molecule is CCCCc1cc(-c2ccc(C(=O)O)cc2)ccc1C. The van der Waals surface area contributed by atoms with Crippen LogP contribution >= 0.6 is 0 Å². The first-order valence-corrected chi connectivity index (χ1v) is 7.05. The van der Waals surface area contributed by atoms with Crippen molar-refractivity contribution >= 4 is 5.97 Å². The van der Waals surface area contributed by atoms with Gasteiger partial charge in [0.1, 0.15) is 0 Å². The van der Waals surface area contributed by atoms with E-state index in [0.29, 0.717) is 5.56 Å². The summed E-state index contributed by atoms with van der Waals surface area (Å²) in [4.78, 5) is 10.9. The Kier molecular flexibility index (Phi) is 4.57. The van der Waals surface area contributed by atoms with E-state index in [1.165, 1.54) is 24.0 Å². The Balaban J connectivity index is 2.30. The molecular weight excluding hydrogens is 248 g/mol. The van der Waals surface area contributed by atoms with Gasteiger partial charge in [-0.15, -0.1) is 0 Å².